The second-order valence-corrected chi connectivity index (χ2v) is 4.96. The summed E-state index contributed by atoms with van der Waals surface area (Å²) in [6.07, 6.45) is 0. The van der Waals surface area contributed by atoms with Crippen molar-refractivity contribution in [3.8, 4) is 0 Å². The molecule has 0 saturated carbocycles. The second-order valence-electron chi connectivity index (χ2n) is 4.96. The van der Waals surface area contributed by atoms with Crippen LogP contribution in [0.2, 0.25) is 0 Å². The first-order valence-electron chi connectivity index (χ1n) is 6.78. The maximum atomic E-state index is 13.6. The largest absolute Gasteiger partial charge is 0.480 e. The number of carbonyl (C=O) groups excluding carboxylic acids is 2. The van der Waals surface area contributed by atoms with E-state index < -0.39 is 23.7 Å². The first kappa shape index (κ1) is 17.6. The summed E-state index contributed by atoms with van der Waals surface area (Å²) in [6, 6.07) is 2.89. The minimum Gasteiger partial charge on any atom is -0.480 e. The van der Waals surface area contributed by atoms with Gasteiger partial charge in [0.15, 0.2) is 0 Å². The van der Waals surface area contributed by atoms with Crippen molar-refractivity contribution in [3.63, 3.8) is 0 Å². The third-order valence-electron chi connectivity index (χ3n) is 3.23. The normalized spacial score (nSPS) is 11.6. The van der Waals surface area contributed by atoms with E-state index in [9.17, 15) is 18.8 Å². The van der Waals surface area contributed by atoms with Crippen LogP contribution in [0.5, 0.6) is 0 Å². The zero-order valence-corrected chi connectivity index (χ0v) is 12.7. The van der Waals surface area contributed by atoms with Crippen LogP contribution >= 0.6 is 0 Å². The summed E-state index contributed by atoms with van der Waals surface area (Å²) in [7, 11) is 0. The van der Waals surface area contributed by atoms with Crippen molar-refractivity contribution in [2.75, 3.05) is 13.1 Å². The van der Waals surface area contributed by atoms with E-state index in [2.05, 4.69) is 5.32 Å². The number of aliphatic carboxylic acids is 1. The van der Waals surface area contributed by atoms with Crippen molar-refractivity contribution < 1.29 is 23.9 Å². The highest BCUT2D eigenvalue weighted by Gasteiger charge is 2.26. The molecule has 0 aliphatic rings. The average Bonchev–Trinajstić information content (AvgIpc) is 2.44. The Morgan fingerprint density at radius 3 is 2.50 bits per heavy atom. The number of hydrogen-bond donors (Lipinski definition) is 2. The van der Waals surface area contributed by atoms with Crippen molar-refractivity contribution >= 4 is 17.8 Å². The van der Waals surface area contributed by atoms with E-state index in [1.165, 1.54) is 26.0 Å². The summed E-state index contributed by atoms with van der Waals surface area (Å²) in [5.41, 5.74) is 0.464. The first-order chi connectivity index (χ1) is 10.2. The number of halogens is 1. The van der Waals surface area contributed by atoms with Crippen molar-refractivity contribution in [3.05, 3.63) is 35.1 Å². The molecule has 22 heavy (non-hydrogen) atoms. The molecule has 7 heteroatoms. The topological polar surface area (TPSA) is 86.7 Å². The van der Waals surface area contributed by atoms with Gasteiger partial charge in [-0.15, -0.1) is 0 Å². The highest BCUT2D eigenvalue weighted by molar-refractivity contribution is 5.96. The summed E-state index contributed by atoms with van der Waals surface area (Å²) in [5.74, 6) is -2.59. The Morgan fingerprint density at radius 2 is 2.00 bits per heavy atom. The molecule has 0 aromatic heterocycles. The second kappa shape index (κ2) is 7.53. The standard InChI is InChI=1S/C15H19FN2O4/c1-9-4-5-12(8-13(9)16)14(20)18(10(2)15(21)22)7-6-17-11(3)19/h4-5,8,10H,6-7H2,1-3H3,(H,17,19)(H,21,22). The van der Waals surface area contributed by atoms with Gasteiger partial charge in [-0.3, -0.25) is 9.59 Å². The van der Waals surface area contributed by atoms with Crippen LogP contribution in [0.1, 0.15) is 29.8 Å². The van der Waals surface area contributed by atoms with Gasteiger partial charge in [-0.05, 0) is 31.5 Å². The molecular weight excluding hydrogens is 291 g/mol. The molecule has 0 bridgehead atoms. The van der Waals surface area contributed by atoms with Crippen LogP contribution in [0, 0.1) is 12.7 Å². The van der Waals surface area contributed by atoms with Crippen LogP contribution in [0.15, 0.2) is 18.2 Å². The number of benzene rings is 1. The smallest absolute Gasteiger partial charge is 0.326 e. The van der Waals surface area contributed by atoms with Crippen LogP contribution in [0.3, 0.4) is 0 Å². The van der Waals surface area contributed by atoms with E-state index in [4.69, 9.17) is 5.11 Å². The maximum absolute atomic E-state index is 13.6. The summed E-state index contributed by atoms with van der Waals surface area (Å²) >= 11 is 0. The van der Waals surface area contributed by atoms with Crippen LogP contribution in [-0.2, 0) is 9.59 Å². The van der Waals surface area contributed by atoms with E-state index in [0.29, 0.717) is 5.56 Å². The van der Waals surface area contributed by atoms with Gasteiger partial charge in [0.05, 0.1) is 0 Å². The van der Waals surface area contributed by atoms with Gasteiger partial charge in [-0.1, -0.05) is 6.07 Å². The van der Waals surface area contributed by atoms with E-state index in [-0.39, 0.29) is 24.6 Å². The Kier molecular flexibility index (Phi) is 6.03. The van der Waals surface area contributed by atoms with Gasteiger partial charge >= 0.3 is 5.97 Å². The molecule has 0 aliphatic carbocycles. The van der Waals surface area contributed by atoms with Crippen molar-refractivity contribution in [2.24, 2.45) is 0 Å². The van der Waals surface area contributed by atoms with Crippen LogP contribution in [-0.4, -0.2) is 46.9 Å². The molecule has 2 amide bonds. The minimum atomic E-state index is -1.18. The van der Waals surface area contributed by atoms with Crippen molar-refractivity contribution in [2.45, 2.75) is 26.8 Å². The predicted molar refractivity (Wildman–Crippen MR) is 78.0 cm³/mol. The number of nitrogens with zero attached hydrogens (tertiary/aromatic N) is 1. The van der Waals surface area contributed by atoms with Gasteiger partial charge in [-0.2, -0.15) is 0 Å². The number of rotatable bonds is 6. The molecule has 1 aromatic carbocycles. The van der Waals surface area contributed by atoms with E-state index in [1.54, 1.807) is 6.92 Å². The number of carbonyl (C=O) groups is 3. The molecule has 0 saturated heterocycles. The highest BCUT2D eigenvalue weighted by atomic mass is 19.1. The third kappa shape index (κ3) is 4.54. The molecule has 1 atom stereocenters. The Hall–Kier alpha value is -2.44. The number of carboxylic acids is 1. The monoisotopic (exact) mass is 310 g/mol. The Bertz CT molecular complexity index is 589. The van der Waals surface area contributed by atoms with Gasteiger partial charge in [0, 0.05) is 25.6 Å². The van der Waals surface area contributed by atoms with Crippen LogP contribution in [0.25, 0.3) is 0 Å². The number of hydrogen-bond acceptors (Lipinski definition) is 3. The number of amides is 2. The van der Waals surface area contributed by atoms with Gasteiger partial charge in [0.2, 0.25) is 5.91 Å². The average molecular weight is 310 g/mol. The zero-order valence-electron chi connectivity index (χ0n) is 12.7. The summed E-state index contributed by atoms with van der Waals surface area (Å²) in [4.78, 5) is 35.5. The molecule has 0 fully saturated rings. The Labute approximate surface area is 127 Å². The van der Waals surface area contributed by atoms with Crippen molar-refractivity contribution in [1.82, 2.24) is 10.2 Å². The number of carboxylic acid groups (broad SMARTS) is 1. The fourth-order valence-corrected chi connectivity index (χ4v) is 1.85. The SMILES string of the molecule is CC(=O)NCCN(C(=O)c1ccc(C)c(F)c1)C(C)C(=O)O. The van der Waals surface area contributed by atoms with E-state index in [0.717, 1.165) is 11.0 Å². The Balaban J connectivity index is 2.97. The molecule has 1 aromatic rings. The molecule has 0 radical (unpaired) electrons. The molecule has 1 rings (SSSR count). The van der Waals surface area contributed by atoms with Gasteiger partial charge in [-0.25, -0.2) is 9.18 Å². The van der Waals surface area contributed by atoms with Gasteiger partial charge < -0.3 is 15.3 Å². The van der Waals surface area contributed by atoms with Gasteiger partial charge in [0.1, 0.15) is 11.9 Å². The van der Waals surface area contributed by atoms with E-state index >= 15 is 0 Å². The first-order valence-corrected chi connectivity index (χ1v) is 6.78. The fraction of sp³-hybridized carbons (Fsp3) is 0.400. The molecule has 1 unspecified atom stereocenters. The predicted octanol–water partition coefficient (Wildman–Crippen LogP) is 1.19. The zero-order chi connectivity index (χ0) is 16.9. The molecule has 2 N–H and O–H groups in total. The van der Waals surface area contributed by atoms with Crippen molar-refractivity contribution in [1.29, 1.82) is 0 Å². The lowest BCUT2D eigenvalue weighted by Gasteiger charge is -2.26. The molecule has 120 valence electrons. The number of nitrogens with one attached hydrogen (secondary N) is 1. The third-order valence-corrected chi connectivity index (χ3v) is 3.23. The maximum Gasteiger partial charge on any atom is 0.326 e. The molecule has 0 aliphatic heterocycles. The van der Waals surface area contributed by atoms with Crippen LogP contribution in [0.4, 0.5) is 4.39 Å². The minimum absolute atomic E-state index is 0.0153. The number of aryl methyl sites for hydroxylation is 1. The van der Waals surface area contributed by atoms with Gasteiger partial charge in [0.25, 0.3) is 5.91 Å². The lowest BCUT2D eigenvalue weighted by molar-refractivity contribution is -0.141. The molecule has 0 heterocycles. The summed E-state index contributed by atoms with van der Waals surface area (Å²) in [5, 5.41) is 11.6. The molecular formula is C15H19FN2O4. The van der Waals surface area contributed by atoms with Crippen LogP contribution < -0.4 is 5.32 Å². The highest BCUT2D eigenvalue weighted by Crippen LogP contribution is 2.13. The Morgan fingerprint density at radius 1 is 1.36 bits per heavy atom. The quantitative estimate of drug-likeness (QED) is 0.826. The lowest BCUT2D eigenvalue weighted by Crippen LogP contribution is -2.46. The van der Waals surface area contributed by atoms with E-state index in [1.807, 2.05) is 0 Å². The molecule has 0 spiro atoms. The summed E-state index contributed by atoms with van der Waals surface area (Å²) < 4.78 is 13.6. The lowest BCUT2D eigenvalue weighted by atomic mass is 10.1. The molecule has 6 nitrogen and oxygen atoms in total. The fourth-order valence-electron chi connectivity index (χ4n) is 1.85. The summed E-state index contributed by atoms with van der Waals surface area (Å²) in [6.45, 7) is 4.38.